The van der Waals surface area contributed by atoms with Gasteiger partial charge in [0.15, 0.2) is 0 Å². The van der Waals surface area contributed by atoms with Gasteiger partial charge < -0.3 is 5.11 Å². The second-order valence-electron chi connectivity index (χ2n) is 5.44. The van der Waals surface area contributed by atoms with Crippen molar-refractivity contribution in [2.75, 3.05) is 0 Å². The average Bonchev–Trinajstić information content (AvgIpc) is 1.91. The molecule has 0 aromatic carbocycles. The summed E-state index contributed by atoms with van der Waals surface area (Å²) >= 11 is 0. The standard InChI is InChI=1S/C11H22O/c1-11(2,3)8-9-4-6-10(12)7-5-9/h9-10,12H,4-8H2,1-3H3. The van der Waals surface area contributed by atoms with Crippen molar-refractivity contribution in [2.45, 2.75) is 59.0 Å². The van der Waals surface area contributed by atoms with Gasteiger partial charge in [0.05, 0.1) is 6.10 Å². The van der Waals surface area contributed by atoms with E-state index in [1.807, 2.05) is 0 Å². The van der Waals surface area contributed by atoms with Crippen LogP contribution in [0.3, 0.4) is 0 Å². The van der Waals surface area contributed by atoms with Crippen molar-refractivity contribution in [3.05, 3.63) is 0 Å². The van der Waals surface area contributed by atoms with Gasteiger partial charge in [-0.1, -0.05) is 20.8 Å². The molecular weight excluding hydrogens is 148 g/mol. The maximum absolute atomic E-state index is 9.33. The molecule has 0 amide bonds. The molecule has 1 rings (SSSR count). The Morgan fingerprint density at radius 2 is 1.58 bits per heavy atom. The second-order valence-corrected chi connectivity index (χ2v) is 5.44. The third-order valence-electron chi connectivity index (χ3n) is 2.72. The van der Waals surface area contributed by atoms with Crippen LogP contribution in [0.2, 0.25) is 0 Å². The van der Waals surface area contributed by atoms with Crippen molar-refractivity contribution in [1.29, 1.82) is 0 Å². The Bertz CT molecular complexity index is 126. The summed E-state index contributed by atoms with van der Waals surface area (Å²) in [6.07, 6.45) is 5.85. The minimum Gasteiger partial charge on any atom is -0.393 e. The van der Waals surface area contributed by atoms with Gasteiger partial charge in [-0.25, -0.2) is 0 Å². The summed E-state index contributed by atoms with van der Waals surface area (Å²) in [6, 6.07) is 0. The third-order valence-corrected chi connectivity index (χ3v) is 2.72. The predicted octanol–water partition coefficient (Wildman–Crippen LogP) is 2.97. The monoisotopic (exact) mass is 170 g/mol. The van der Waals surface area contributed by atoms with E-state index in [0.717, 1.165) is 18.8 Å². The molecule has 1 aliphatic rings. The molecule has 0 aliphatic heterocycles. The Labute approximate surface area is 76.2 Å². The zero-order chi connectivity index (χ0) is 9.19. The van der Waals surface area contributed by atoms with Gasteiger partial charge in [0.25, 0.3) is 0 Å². The molecule has 0 bridgehead atoms. The number of rotatable bonds is 1. The Morgan fingerprint density at radius 1 is 1.08 bits per heavy atom. The average molecular weight is 170 g/mol. The highest BCUT2D eigenvalue weighted by molar-refractivity contribution is 4.75. The fourth-order valence-corrected chi connectivity index (χ4v) is 2.22. The summed E-state index contributed by atoms with van der Waals surface area (Å²) in [6.45, 7) is 6.91. The summed E-state index contributed by atoms with van der Waals surface area (Å²) in [5.41, 5.74) is 0.465. The number of aliphatic hydroxyl groups is 1. The smallest absolute Gasteiger partial charge is 0.0540 e. The van der Waals surface area contributed by atoms with Crippen molar-refractivity contribution in [3.63, 3.8) is 0 Å². The summed E-state index contributed by atoms with van der Waals surface area (Å²) in [4.78, 5) is 0. The molecule has 72 valence electrons. The van der Waals surface area contributed by atoms with Crippen molar-refractivity contribution in [3.8, 4) is 0 Å². The van der Waals surface area contributed by atoms with Crippen LogP contribution in [0.1, 0.15) is 52.9 Å². The molecule has 0 radical (unpaired) electrons. The molecule has 12 heavy (non-hydrogen) atoms. The Kier molecular flexibility index (Phi) is 3.16. The zero-order valence-corrected chi connectivity index (χ0v) is 8.64. The zero-order valence-electron chi connectivity index (χ0n) is 8.64. The van der Waals surface area contributed by atoms with Gasteiger partial charge in [0.1, 0.15) is 0 Å². The van der Waals surface area contributed by atoms with E-state index in [-0.39, 0.29) is 6.10 Å². The molecule has 0 saturated heterocycles. The van der Waals surface area contributed by atoms with Crippen LogP contribution in [0.25, 0.3) is 0 Å². The molecule has 0 spiro atoms. The molecule has 0 atom stereocenters. The van der Waals surface area contributed by atoms with Crippen molar-refractivity contribution in [1.82, 2.24) is 0 Å². The quantitative estimate of drug-likeness (QED) is 0.641. The number of hydrogen-bond donors (Lipinski definition) is 1. The van der Waals surface area contributed by atoms with Crippen molar-refractivity contribution < 1.29 is 5.11 Å². The third kappa shape index (κ3) is 3.57. The topological polar surface area (TPSA) is 20.2 Å². The fraction of sp³-hybridized carbons (Fsp3) is 1.00. The molecule has 1 saturated carbocycles. The molecule has 0 unspecified atom stereocenters. The van der Waals surface area contributed by atoms with Gasteiger partial charge >= 0.3 is 0 Å². The molecule has 1 nitrogen and oxygen atoms in total. The van der Waals surface area contributed by atoms with Crippen molar-refractivity contribution in [2.24, 2.45) is 11.3 Å². The highest BCUT2D eigenvalue weighted by Crippen LogP contribution is 2.33. The van der Waals surface area contributed by atoms with Crippen LogP contribution in [-0.4, -0.2) is 11.2 Å². The van der Waals surface area contributed by atoms with E-state index in [4.69, 9.17) is 0 Å². The molecule has 1 aliphatic carbocycles. The summed E-state index contributed by atoms with van der Waals surface area (Å²) in [7, 11) is 0. The van der Waals surface area contributed by atoms with Gasteiger partial charge in [0, 0.05) is 0 Å². The first-order valence-electron chi connectivity index (χ1n) is 5.15. The first kappa shape index (κ1) is 10.0. The highest BCUT2D eigenvalue weighted by atomic mass is 16.3. The SMILES string of the molecule is CC(C)(C)CC1CCC(O)CC1. The van der Waals surface area contributed by atoms with Crippen LogP contribution >= 0.6 is 0 Å². The largest absolute Gasteiger partial charge is 0.393 e. The number of aliphatic hydroxyl groups excluding tert-OH is 1. The van der Waals surface area contributed by atoms with Crippen LogP contribution < -0.4 is 0 Å². The van der Waals surface area contributed by atoms with Crippen LogP contribution in [0.5, 0.6) is 0 Å². The normalized spacial score (nSPS) is 32.0. The second kappa shape index (κ2) is 3.78. The van der Waals surface area contributed by atoms with E-state index in [1.165, 1.54) is 19.3 Å². The highest BCUT2D eigenvalue weighted by Gasteiger charge is 2.23. The van der Waals surface area contributed by atoms with E-state index in [9.17, 15) is 5.11 Å². The Hall–Kier alpha value is -0.0400. The first-order valence-corrected chi connectivity index (χ1v) is 5.15. The molecule has 1 fully saturated rings. The van der Waals surface area contributed by atoms with E-state index in [2.05, 4.69) is 20.8 Å². The lowest BCUT2D eigenvalue weighted by molar-refractivity contribution is 0.0957. The van der Waals surface area contributed by atoms with Crippen LogP contribution in [0.15, 0.2) is 0 Å². The molecule has 0 heterocycles. The first-order chi connectivity index (χ1) is 5.47. The van der Waals surface area contributed by atoms with Gasteiger partial charge in [-0.15, -0.1) is 0 Å². The van der Waals surface area contributed by atoms with Gasteiger partial charge in [-0.3, -0.25) is 0 Å². The lowest BCUT2D eigenvalue weighted by atomic mass is 9.77. The Morgan fingerprint density at radius 3 is 2.00 bits per heavy atom. The summed E-state index contributed by atoms with van der Waals surface area (Å²) < 4.78 is 0. The lowest BCUT2D eigenvalue weighted by Crippen LogP contribution is -2.22. The van der Waals surface area contributed by atoms with E-state index < -0.39 is 0 Å². The van der Waals surface area contributed by atoms with E-state index in [1.54, 1.807) is 0 Å². The molecular formula is C11H22O. The van der Waals surface area contributed by atoms with Crippen LogP contribution in [0.4, 0.5) is 0 Å². The molecule has 1 N–H and O–H groups in total. The Balaban J connectivity index is 2.26. The maximum Gasteiger partial charge on any atom is 0.0540 e. The molecule has 1 heteroatoms. The van der Waals surface area contributed by atoms with Gasteiger partial charge in [-0.05, 0) is 43.4 Å². The maximum atomic E-state index is 9.33. The summed E-state index contributed by atoms with van der Waals surface area (Å²) in [5.74, 6) is 0.869. The van der Waals surface area contributed by atoms with E-state index in [0.29, 0.717) is 5.41 Å². The fourth-order valence-electron chi connectivity index (χ4n) is 2.22. The van der Waals surface area contributed by atoms with Gasteiger partial charge in [0.2, 0.25) is 0 Å². The van der Waals surface area contributed by atoms with Crippen molar-refractivity contribution >= 4 is 0 Å². The minimum atomic E-state index is 0.00113. The van der Waals surface area contributed by atoms with Crippen LogP contribution in [0, 0.1) is 11.3 Å². The van der Waals surface area contributed by atoms with Crippen LogP contribution in [-0.2, 0) is 0 Å². The lowest BCUT2D eigenvalue weighted by Gasteiger charge is -2.30. The van der Waals surface area contributed by atoms with Gasteiger partial charge in [-0.2, -0.15) is 0 Å². The predicted molar refractivity (Wildman–Crippen MR) is 52.0 cm³/mol. The minimum absolute atomic E-state index is 0.00113. The molecule has 0 aromatic heterocycles. The number of hydrogen-bond acceptors (Lipinski definition) is 1. The summed E-state index contributed by atoms with van der Waals surface area (Å²) in [5, 5.41) is 9.33. The van der Waals surface area contributed by atoms with E-state index >= 15 is 0 Å². The molecule has 0 aromatic rings.